The van der Waals surface area contributed by atoms with Crippen LogP contribution < -0.4 is 18.6 Å². The molecule has 1 saturated carbocycles. The molecule has 0 N–H and O–H groups in total. The molecule has 1 unspecified atom stereocenters. The molecule has 1 aliphatic heterocycles. The maximum absolute atomic E-state index is 8.49. The minimum atomic E-state index is -4.94. The number of hydrogen-bond donors (Lipinski definition) is 0. The Morgan fingerprint density at radius 2 is 1.64 bits per heavy atom. The summed E-state index contributed by atoms with van der Waals surface area (Å²) >= 11 is 0. The SMILES string of the molecule is C(#Cc1ccccc1)/C=C1\CCCC2Cc3ccccc3[O+]=C12.[O-][Cl+3]([O-])([O-])[O-]. The predicted molar refractivity (Wildman–Crippen MR) is 93.3 cm³/mol. The molecule has 6 heteroatoms. The molecular weight excluding hydrogens is 380 g/mol. The predicted octanol–water partition coefficient (Wildman–Crippen LogP) is 0.0830. The fourth-order valence-corrected chi connectivity index (χ4v) is 3.43. The van der Waals surface area contributed by atoms with Gasteiger partial charge in [-0.05, 0) is 43.9 Å². The van der Waals surface area contributed by atoms with E-state index in [1.54, 1.807) is 0 Å². The van der Waals surface area contributed by atoms with Crippen LogP contribution in [0.25, 0.3) is 0 Å². The molecular formula is C22H19ClO5. The summed E-state index contributed by atoms with van der Waals surface area (Å²) in [6.45, 7) is 0. The smallest absolute Gasteiger partial charge is 0.222 e. The number of rotatable bonds is 0. The van der Waals surface area contributed by atoms with E-state index in [1.165, 1.54) is 24.0 Å². The Hall–Kier alpha value is -2.46. The van der Waals surface area contributed by atoms with E-state index in [0.29, 0.717) is 5.92 Å². The van der Waals surface area contributed by atoms with E-state index in [-0.39, 0.29) is 0 Å². The fraction of sp³-hybridized carbons (Fsp3) is 0.227. The van der Waals surface area contributed by atoms with E-state index in [2.05, 4.69) is 36.1 Å². The molecule has 0 saturated heterocycles. The van der Waals surface area contributed by atoms with Gasteiger partial charge in [-0.1, -0.05) is 42.2 Å². The van der Waals surface area contributed by atoms with Gasteiger partial charge in [-0.15, -0.1) is 10.2 Å². The van der Waals surface area contributed by atoms with Crippen molar-refractivity contribution in [3.8, 4) is 17.6 Å². The summed E-state index contributed by atoms with van der Waals surface area (Å²) in [6, 6.07) is 18.5. The van der Waals surface area contributed by atoms with Crippen LogP contribution in [-0.2, 0) is 10.8 Å². The van der Waals surface area contributed by atoms with E-state index in [1.807, 2.05) is 36.4 Å². The van der Waals surface area contributed by atoms with Crippen LogP contribution in [0.1, 0.15) is 30.4 Å². The second-order valence-electron chi connectivity index (χ2n) is 6.55. The lowest BCUT2D eigenvalue weighted by atomic mass is 9.79. The lowest BCUT2D eigenvalue weighted by Crippen LogP contribution is -2.68. The van der Waals surface area contributed by atoms with Gasteiger partial charge in [0, 0.05) is 17.7 Å². The highest BCUT2D eigenvalue weighted by Gasteiger charge is 2.38. The average Bonchev–Trinajstić information content (AvgIpc) is 2.66. The average molecular weight is 399 g/mol. The van der Waals surface area contributed by atoms with Crippen molar-refractivity contribution < 1.29 is 33.3 Å². The van der Waals surface area contributed by atoms with Gasteiger partial charge in [0.2, 0.25) is 0 Å². The number of hydrogen-bond acceptors (Lipinski definition) is 4. The zero-order valence-corrected chi connectivity index (χ0v) is 15.9. The highest BCUT2D eigenvalue weighted by atomic mass is 35.7. The number of para-hydroxylation sites is 1. The lowest BCUT2D eigenvalue weighted by Gasteiger charge is -2.21. The summed E-state index contributed by atoms with van der Waals surface area (Å²) in [5.74, 6) is 9.11. The third kappa shape index (κ3) is 6.03. The Morgan fingerprint density at radius 3 is 2.39 bits per heavy atom. The molecule has 0 aromatic heterocycles. The topological polar surface area (TPSA) is 104 Å². The Morgan fingerprint density at radius 1 is 0.964 bits per heavy atom. The molecule has 0 bridgehead atoms. The molecule has 1 atom stereocenters. The molecule has 2 aromatic carbocycles. The Bertz CT molecular complexity index is 927. The van der Waals surface area contributed by atoms with Crippen LogP contribution in [0, 0.1) is 28.0 Å². The van der Waals surface area contributed by atoms with Gasteiger partial charge in [-0.3, -0.25) is 0 Å². The number of benzene rings is 2. The molecule has 2 aliphatic rings. The first-order valence-electron chi connectivity index (χ1n) is 8.90. The van der Waals surface area contributed by atoms with Crippen LogP contribution in [-0.4, -0.2) is 5.78 Å². The summed E-state index contributed by atoms with van der Waals surface area (Å²) in [5, 5.41) is 0. The second-order valence-corrected chi connectivity index (χ2v) is 7.31. The van der Waals surface area contributed by atoms with Gasteiger partial charge in [-0.2, -0.15) is 0 Å². The minimum Gasteiger partial charge on any atom is -0.222 e. The van der Waals surface area contributed by atoms with E-state index < -0.39 is 10.2 Å². The van der Waals surface area contributed by atoms with Crippen LogP contribution in [0.2, 0.25) is 0 Å². The summed E-state index contributed by atoms with van der Waals surface area (Å²) in [7, 11) is -4.94. The standard InChI is InChI=1S/C22H19O.ClHO4/c1-2-8-17(9-3-1)10-6-12-18-13-7-14-20-16-19-11-4-5-15-21(19)23-22(18)20;2-1(3,4)5/h1-5,8-9,11-12,15,20H,7,13-14,16H2;(H,2,3,4,5)/q+1;/p-1/b18-12+;. The summed E-state index contributed by atoms with van der Waals surface area (Å²) in [4.78, 5) is 0. The molecule has 144 valence electrons. The molecule has 0 spiro atoms. The molecule has 28 heavy (non-hydrogen) atoms. The zero-order valence-electron chi connectivity index (χ0n) is 15.1. The monoisotopic (exact) mass is 398 g/mol. The molecule has 2 aromatic rings. The van der Waals surface area contributed by atoms with Crippen molar-refractivity contribution in [1.29, 1.82) is 0 Å². The van der Waals surface area contributed by atoms with E-state index >= 15 is 0 Å². The van der Waals surface area contributed by atoms with Gasteiger partial charge in [0.05, 0.1) is 17.1 Å². The van der Waals surface area contributed by atoms with Gasteiger partial charge in [0.15, 0.2) is 0 Å². The van der Waals surface area contributed by atoms with Gasteiger partial charge >= 0.3 is 11.5 Å². The van der Waals surface area contributed by atoms with E-state index in [4.69, 9.17) is 23.1 Å². The first-order chi connectivity index (χ1) is 13.4. The number of halogens is 1. The van der Waals surface area contributed by atoms with Crippen molar-refractivity contribution >= 4 is 5.78 Å². The minimum absolute atomic E-state index is 0.517. The largest absolute Gasteiger partial charge is 0.356 e. The number of allylic oxidation sites excluding steroid dienone is 2. The Labute approximate surface area is 166 Å². The number of fused-ring (bicyclic) bond motifs is 2. The third-order valence-electron chi connectivity index (χ3n) is 4.58. The molecule has 1 aliphatic carbocycles. The van der Waals surface area contributed by atoms with Gasteiger partial charge < -0.3 is 0 Å². The normalized spacial score (nSPS) is 19.2. The quantitative estimate of drug-likeness (QED) is 0.356. The number of carbonyl (C=O) groups excluding carboxylic acids is 1. The maximum Gasteiger partial charge on any atom is 0.356 e. The van der Waals surface area contributed by atoms with E-state index in [9.17, 15) is 0 Å². The Kier molecular flexibility index (Phi) is 6.63. The highest BCUT2D eigenvalue weighted by Crippen LogP contribution is 2.35. The van der Waals surface area contributed by atoms with Crippen molar-refractivity contribution in [3.05, 3.63) is 77.4 Å². The summed E-state index contributed by atoms with van der Waals surface area (Å²) in [5.41, 5.74) is 3.66. The van der Waals surface area contributed by atoms with Gasteiger partial charge in [0.1, 0.15) is 0 Å². The molecule has 1 heterocycles. The molecule has 4 rings (SSSR count). The molecule has 5 nitrogen and oxygen atoms in total. The number of ketones is 1. The molecule has 0 amide bonds. The molecule has 1 fully saturated rings. The van der Waals surface area contributed by atoms with Crippen LogP contribution >= 0.6 is 0 Å². The molecule has 0 radical (unpaired) electrons. The Balaban J connectivity index is 0.000000403. The summed E-state index contributed by atoms with van der Waals surface area (Å²) in [6.07, 6.45) is 6.65. The van der Waals surface area contributed by atoms with Crippen LogP contribution in [0.3, 0.4) is 0 Å². The summed E-state index contributed by atoms with van der Waals surface area (Å²) < 4.78 is 40.2. The maximum atomic E-state index is 8.49. The van der Waals surface area contributed by atoms with Crippen LogP contribution in [0.4, 0.5) is 0 Å². The fourth-order valence-electron chi connectivity index (χ4n) is 3.43. The first kappa shape index (κ1) is 20.3. The van der Waals surface area contributed by atoms with Crippen LogP contribution in [0.15, 0.2) is 66.2 Å². The van der Waals surface area contributed by atoms with Crippen molar-refractivity contribution in [2.75, 3.05) is 0 Å². The van der Waals surface area contributed by atoms with Crippen LogP contribution in [0.5, 0.6) is 5.75 Å². The van der Waals surface area contributed by atoms with Crippen molar-refractivity contribution in [2.45, 2.75) is 25.7 Å². The van der Waals surface area contributed by atoms with Crippen molar-refractivity contribution in [3.63, 3.8) is 0 Å². The highest BCUT2D eigenvalue weighted by molar-refractivity contribution is 5.99. The van der Waals surface area contributed by atoms with Crippen molar-refractivity contribution in [1.82, 2.24) is 0 Å². The van der Waals surface area contributed by atoms with Crippen molar-refractivity contribution in [2.24, 2.45) is 5.92 Å². The zero-order chi connectivity index (χ0) is 20.0. The second kappa shape index (κ2) is 9.16. The first-order valence-corrected chi connectivity index (χ1v) is 10.1. The van der Waals surface area contributed by atoms with E-state index in [0.717, 1.165) is 29.9 Å². The van der Waals surface area contributed by atoms with Gasteiger partial charge in [0.25, 0.3) is 0 Å². The lowest BCUT2D eigenvalue weighted by molar-refractivity contribution is -2.00. The third-order valence-corrected chi connectivity index (χ3v) is 4.58. The van der Waals surface area contributed by atoms with Gasteiger partial charge in [-0.25, -0.2) is 23.1 Å².